The minimum Gasteiger partial charge on any atom is -0.398 e. The van der Waals surface area contributed by atoms with Gasteiger partial charge in [0.2, 0.25) is 0 Å². The van der Waals surface area contributed by atoms with Crippen molar-refractivity contribution in [2.75, 3.05) is 36.8 Å². The molecule has 1 aromatic carbocycles. The summed E-state index contributed by atoms with van der Waals surface area (Å²) in [5.41, 5.74) is 7.83. The molecule has 0 spiro atoms. The molecule has 0 radical (unpaired) electrons. The molecule has 1 saturated heterocycles. The smallest absolute Gasteiger partial charge is 0.128 e. The van der Waals surface area contributed by atoms with E-state index in [2.05, 4.69) is 20.9 Å². The largest absolute Gasteiger partial charge is 0.398 e. The SMILES string of the molecule is Nc1cccc(Cl)c1CN1CCN(c2ccccn2)CC1. The van der Waals surface area contributed by atoms with Gasteiger partial charge >= 0.3 is 0 Å². The van der Waals surface area contributed by atoms with Gasteiger partial charge in [-0.05, 0) is 24.3 Å². The Bertz CT molecular complexity index is 574. The molecule has 110 valence electrons. The zero-order valence-electron chi connectivity index (χ0n) is 11.9. The van der Waals surface area contributed by atoms with Gasteiger partial charge in [0.05, 0.1) is 0 Å². The average molecular weight is 303 g/mol. The second kappa shape index (κ2) is 6.33. The fourth-order valence-electron chi connectivity index (χ4n) is 2.64. The molecule has 0 saturated carbocycles. The standard InChI is InChI=1S/C16H19ClN4/c17-14-4-3-5-15(18)13(14)12-20-8-10-21(11-9-20)16-6-1-2-7-19-16/h1-7H,8-12,18H2. The molecule has 1 aliphatic rings. The number of hydrogen-bond donors (Lipinski definition) is 1. The Kier molecular flexibility index (Phi) is 4.27. The topological polar surface area (TPSA) is 45.4 Å². The van der Waals surface area contributed by atoms with Crippen molar-refractivity contribution >= 4 is 23.1 Å². The molecule has 5 heteroatoms. The minimum atomic E-state index is 0.752. The fraction of sp³-hybridized carbons (Fsp3) is 0.312. The molecule has 1 aliphatic heterocycles. The van der Waals surface area contributed by atoms with Gasteiger partial charge in [0, 0.05) is 55.2 Å². The van der Waals surface area contributed by atoms with Crippen molar-refractivity contribution < 1.29 is 0 Å². The molecular formula is C16H19ClN4. The molecule has 1 aromatic heterocycles. The van der Waals surface area contributed by atoms with Crippen LogP contribution in [0.5, 0.6) is 0 Å². The number of anilines is 2. The summed E-state index contributed by atoms with van der Waals surface area (Å²) in [5, 5.41) is 0.752. The van der Waals surface area contributed by atoms with E-state index in [-0.39, 0.29) is 0 Å². The maximum absolute atomic E-state index is 6.25. The van der Waals surface area contributed by atoms with Crippen molar-refractivity contribution in [1.82, 2.24) is 9.88 Å². The van der Waals surface area contributed by atoms with Gasteiger partial charge in [-0.1, -0.05) is 23.7 Å². The summed E-state index contributed by atoms with van der Waals surface area (Å²) in [5.74, 6) is 1.05. The van der Waals surface area contributed by atoms with Crippen LogP contribution in [0, 0.1) is 0 Å². The van der Waals surface area contributed by atoms with Gasteiger partial charge in [-0.25, -0.2) is 4.98 Å². The highest BCUT2D eigenvalue weighted by molar-refractivity contribution is 6.31. The summed E-state index contributed by atoms with van der Waals surface area (Å²) in [4.78, 5) is 9.10. The van der Waals surface area contributed by atoms with Crippen LogP contribution in [0.4, 0.5) is 11.5 Å². The Morgan fingerprint density at radius 3 is 2.52 bits per heavy atom. The van der Waals surface area contributed by atoms with Crippen LogP contribution < -0.4 is 10.6 Å². The van der Waals surface area contributed by atoms with Crippen LogP contribution in [0.15, 0.2) is 42.6 Å². The predicted molar refractivity (Wildman–Crippen MR) is 87.6 cm³/mol. The maximum Gasteiger partial charge on any atom is 0.128 e. The van der Waals surface area contributed by atoms with Crippen molar-refractivity contribution in [2.24, 2.45) is 0 Å². The Morgan fingerprint density at radius 2 is 1.86 bits per heavy atom. The van der Waals surface area contributed by atoms with E-state index in [9.17, 15) is 0 Å². The van der Waals surface area contributed by atoms with Gasteiger partial charge in [-0.2, -0.15) is 0 Å². The van der Waals surface area contributed by atoms with Crippen molar-refractivity contribution in [1.29, 1.82) is 0 Å². The van der Waals surface area contributed by atoms with Gasteiger partial charge < -0.3 is 10.6 Å². The lowest BCUT2D eigenvalue weighted by Crippen LogP contribution is -2.46. The van der Waals surface area contributed by atoms with Gasteiger partial charge in [0.25, 0.3) is 0 Å². The average Bonchev–Trinajstić information content (AvgIpc) is 2.53. The number of aromatic nitrogens is 1. The number of hydrogen-bond acceptors (Lipinski definition) is 4. The minimum absolute atomic E-state index is 0.752. The zero-order chi connectivity index (χ0) is 14.7. The lowest BCUT2D eigenvalue weighted by molar-refractivity contribution is 0.250. The summed E-state index contributed by atoms with van der Waals surface area (Å²) in [7, 11) is 0. The molecule has 0 atom stereocenters. The van der Waals surface area contributed by atoms with Crippen molar-refractivity contribution in [3.63, 3.8) is 0 Å². The number of nitrogens with zero attached hydrogens (tertiary/aromatic N) is 3. The molecular weight excluding hydrogens is 284 g/mol. The van der Waals surface area contributed by atoms with Gasteiger partial charge in [-0.3, -0.25) is 4.90 Å². The van der Waals surface area contributed by atoms with Crippen molar-refractivity contribution in [3.8, 4) is 0 Å². The molecule has 2 aromatic rings. The Morgan fingerprint density at radius 1 is 1.05 bits per heavy atom. The first-order valence-electron chi connectivity index (χ1n) is 7.15. The number of pyridine rings is 1. The van der Waals surface area contributed by atoms with Gasteiger partial charge in [0.15, 0.2) is 0 Å². The number of nitrogens with two attached hydrogens (primary N) is 1. The van der Waals surface area contributed by atoms with Gasteiger partial charge in [-0.15, -0.1) is 0 Å². The first-order valence-corrected chi connectivity index (χ1v) is 7.53. The number of halogens is 1. The fourth-order valence-corrected chi connectivity index (χ4v) is 2.88. The third-order valence-corrected chi connectivity index (χ3v) is 4.24. The summed E-state index contributed by atoms with van der Waals surface area (Å²) < 4.78 is 0. The van der Waals surface area contributed by atoms with E-state index in [4.69, 9.17) is 17.3 Å². The molecule has 0 aliphatic carbocycles. The summed E-state index contributed by atoms with van der Waals surface area (Å²) in [6.45, 7) is 4.73. The third-order valence-electron chi connectivity index (χ3n) is 3.88. The maximum atomic E-state index is 6.25. The Balaban J connectivity index is 1.62. The van der Waals surface area contributed by atoms with Crippen molar-refractivity contribution in [3.05, 3.63) is 53.2 Å². The number of rotatable bonds is 3. The summed E-state index contributed by atoms with van der Waals surface area (Å²) in [6.07, 6.45) is 1.84. The second-order valence-corrected chi connectivity index (χ2v) is 5.67. The van der Waals surface area contributed by atoms with E-state index in [0.717, 1.165) is 54.8 Å². The number of nitrogen functional groups attached to an aromatic ring is 1. The molecule has 1 fully saturated rings. The van der Waals surface area contributed by atoms with Crippen LogP contribution in [0.3, 0.4) is 0 Å². The third kappa shape index (κ3) is 3.28. The van der Waals surface area contributed by atoms with Crippen LogP contribution >= 0.6 is 11.6 Å². The second-order valence-electron chi connectivity index (χ2n) is 5.26. The summed E-state index contributed by atoms with van der Waals surface area (Å²) >= 11 is 6.25. The lowest BCUT2D eigenvalue weighted by atomic mass is 10.1. The van der Waals surface area contributed by atoms with Crippen molar-refractivity contribution in [2.45, 2.75) is 6.54 Å². The van der Waals surface area contributed by atoms with E-state index in [1.165, 1.54) is 0 Å². The highest BCUT2D eigenvalue weighted by Crippen LogP contribution is 2.24. The highest BCUT2D eigenvalue weighted by Gasteiger charge is 2.19. The Labute approximate surface area is 130 Å². The molecule has 0 bridgehead atoms. The number of benzene rings is 1. The first kappa shape index (κ1) is 14.2. The van der Waals surface area contributed by atoms with Crippen LogP contribution in [0.1, 0.15) is 5.56 Å². The van der Waals surface area contributed by atoms with Crippen LogP contribution in [0.2, 0.25) is 5.02 Å². The van der Waals surface area contributed by atoms with E-state index in [1.54, 1.807) is 0 Å². The molecule has 0 unspecified atom stereocenters. The molecule has 2 N–H and O–H groups in total. The molecule has 0 amide bonds. The first-order chi connectivity index (χ1) is 10.2. The zero-order valence-corrected chi connectivity index (χ0v) is 12.6. The highest BCUT2D eigenvalue weighted by atomic mass is 35.5. The monoisotopic (exact) mass is 302 g/mol. The Hall–Kier alpha value is -1.78. The van der Waals surface area contributed by atoms with E-state index in [1.807, 2.05) is 36.5 Å². The molecule has 4 nitrogen and oxygen atoms in total. The quantitative estimate of drug-likeness (QED) is 0.885. The molecule has 21 heavy (non-hydrogen) atoms. The number of piperazine rings is 1. The molecule has 3 rings (SSSR count). The van der Waals surface area contributed by atoms with Crippen LogP contribution in [-0.2, 0) is 6.54 Å². The van der Waals surface area contributed by atoms with Gasteiger partial charge in [0.1, 0.15) is 5.82 Å². The normalized spacial score (nSPS) is 16.1. The van der Waals surface area contributed by atoms with E-state index < -0.39 is 0 Å². The van der Waals surface area contributed by atoms with Crippen LogP contribution in [-0.4, -0.2) is 36.1 Å². The lowest BCUT2D eigenvalue weighted by Gasteiger charge is -2.35. The summed E-state index contributed by atoms with van der Waals surface area (Å²) in [6, 6.07) is 11.7. The van der Waals surface area contributed by atoms with Crippen LogP contribution in [0.25, 0.3) is 0 Å². The van der Waals surface area contributed by atoms with E-state index >= 15 is 0 Å². The van der Waals surface area contributed by atoms with E-state index in [0.29, 0.717) is 0 Å². The molecule has 2 heterocycles. The predicted octanol–water partition coefficient (Wildman–Crippen LogP) is 2.64.